The van der Waals surface area contributed by atoms with Crippen molar-refractivity contribution < 1.29 is 14.4 Å². The van der Waals surface area contributed by atoms with Crippen LogP contribution in [-0.2, 0) is 16.6 Å². The third-order valence-electron chi connectivity index (χ3n) is 6.00. The molecule has 0 bridgehead atoms. The number of rotatable bonds is 6. The molecule has 0 radical (unpaired) electrons. The smallest absolute Gasteiger partial charge is 0.324 e. The minimum absolute atomic E-state index is 0.0411. The van der Waals surface area contributed by atoms with E-state index < -0.39 is 6.03 Å². The summed E-state index contributed by atoms with van der Waals surface area (Å²) in [5.41, 5.74) is 0.483. The summed E-state index contributed by atoms with van der Waals surface area (Å²) in [6.45, 7) is 7.57. The van der Waals surface area contributed by atoms with Crippen LogP contribution in [0.3, 0.4) is 0 Å². The lowest BCUT2D eigenvalue weighted by molar-refractivity contribution is -0.130. The van der Waals surface area contributed by atoms with Crippen molar-refractivity contribution in [3.63, 3.8) is 0 Å². The van der Waals surface area contributed by atoms with E-state index in [4.69, 9.17) is 23.2 Å². The molecule has 0 saturated carbocycles. The Bertz CT molecular complexity index is 1320. The highest BCUT2D eigenvalue weighted by molar-refractivity contribution is 7.16. The van der Waals surface area contributed by atoms with Crippen molar-refractivity contribution in [2.24, 2.45) is 0 Å². The van der Waals surface area contributed by atoms with Crippen molar-refractivity contribution in [3.05, 3.63) is 50.6 Å². The molecular formula is C24H28Cl2N8O3S. The van der Waals surface area contributed by atoms with Gasteiger partial charge in [0.15, 0.2) is 5.82 Å². The van der Waals surface area contributed by atoms with Crippen LogP contribution in [0.5, 0.6) is 0 Å². The Labute approximate surface area is 233 Å². The SMILES string of the molecule is CC(C)(C)c1cc(C(=O)N2CCC(=O)N(CCc3nn[nH]n3)CC2)c(NC(=O)Nc2cccc(Cl)c2Cl)s1. The number of carbonyl (C=O) groups excluding carboxylic acids is 3. The Hall–Kier alpha value is -3.22. The van der Waals surface area contributed by atoms with Crippen LogP contribution in [0, 0.1) is 0 Å². The molecule has 0 atom stereocenters. The van der Waals surface area contributed by atoms with Crippen LogP contribution in [-0.4, -0.2) is 74.4 Å². The van der Waals surface area contributed by atoms with Crippen LogP contribution in [0.4, 0.5) is 15.5 Å². The van der Waals surface area contributed by atoms with E-state index in [0.717, 1.165) is 4.88 Å². The van der Waals surface area contributed by atoms with Gasteiger partial charge in [0.25, 0.3) is 5.91 Å². The monoisotopic (exact) mass is 578 g/mol. The quantitative estimate of drug-likeness (QED) is 0.396. The molecule has 3 heterocycles. The summed E-state index contributed by atoms with van der Waals surface area (Å²) in [7, 11) is 0. The van der Waals surface area contributed by atoms with E-state index in [1.54, 1.807) is 28.0 Å². The van der Waals surface area contributed by atoms with E-state index in [1.165, 1.54) is 11.3 Å². The summed E-state index contributed by atoms with van der Waals surface area (Å²) in [5.74, 6) is 0.234. The van der Waals surface area contributed by atoms with Crippen LogP contribution in [0.1, 0.15) is 48.3 Å². The maximum atomic E-state index is 13.7. The van der Waals surface area contributed by atoms with Crippen LogP contribution in [0.25, 0.3) is 0 Å². The van der Waals surface area contributed by atoms with E-state index >= 15 is 0 Å². The zero-order valence-electron chi connectivity index (χ0n) is 21.2. The van der Waals surface area contributed by atoms with Gasteiger partial charge in [-0.25, -0.2) is 4.79 Å². The number of benzene rings is 1. The zero-order valence-corrected chi connectivity index (χ0v) is 23.5. The second-order valence-corrected chi connectivity index (χ2v) is 11.6. The Morgan fingerprint density at radius 2 is 1.95 bits per heavy atom. The Morgan fingerprint density at radius 3 is 2.66 bits per heavy atom. The number of anilines is 2. The Kier molecular flexibility index (Phi) is 8.54. The summed E-state index contributed by atoms with van der Waals surface area (Å²) in [6.07, 6.45) is 0.667. The summed E-state index contributed by atoms with van der Waals surface area (Å²) in [4.78, 5) is 43.5. The van der Waals surface area contributed by atoms with Gasteiger partial charge in [-0.1, -0.05) is 55.3 Å². The summed E-state index contributed by atoms with van der Waals surface area (Å²) < 4.78 is 0. The molecule has 0 aliphatic carbocycles. The zero-order chi connectivity index (χ0) is 27.4. The highest BCUT2D eigenvalue weighted by atomic mass is 35.5. The number of aromatic amines is 1. The maximum Gasteiger partial charge on any atom is 0.324 e. The number of H-pyrrole nitrogens is 1. The van der Waals surface area contributed by atoms with Gasteiger partial charge >= 0.3 is 6.03 Å². The molecule has 1 aliphatic heterocycles. The van der Waals surface area contributed by atoms with Crippen molar-refractivity contribution in [1.29, 1.82) is 0 Å². The highest BCUT2D eigenvalue weighted by Crippen LogP contribution is 2.37. The molecule has 1 fully saturated rings. The third kappa shape index (κ3) is 6.61. The van der Waals surface area contributed by atoms with Gasteiger partial charge in [0.05, 0.1) is 21.3 Å². The first-order chi connectivity index (χ1) is 18.0. The second-order valence-electron chi connectivity index (χ2n) is 9.78. The van der Waals surface area contributed by atoms with E-state index in [0.29, 0.717) is 53.2 Å². The average molecular weight is 580 g/mol. The minimum atomic E-state index is -0.552. The predicted molar refractivity (Wildman–Crippen MR) is 147 cm³/mol. The molecule has 38 heavy (non-hydrogen) atoms. The number of amides is 4. The highest BCUT2D eigenvalue weighted by Gasteiger charge is 2.29. The molecule has 1 aliphatic rings. The number of thiophene rings is 1. The summed E-state index contributed by atoms with van der Waals surface area (Å²) in [6, 6.07) is 6.19. The largest absolute Gasteiger partial charge is 0.340 e. The molecule has 3 aromatic rings. The van der Waals surface area contributed by atoms with Gasteiger partial charge in [0, 0.05) is 43.9 Å². The van der Waals surface area contributed by atoms with Gasteiger partial charge in [-0.15, -0.1) is 21.5 Å². The topological polar surface area (TPSA) is 136 Å². The number of tetrazole rings is 1. The molecule has 11 nitrogen and oxygen atoms in total. The van der Waals surface area contributed by atoms with Crippen molar-refractivity contribution in [1.82, 2.24) is 30.4 Å². The molecule has 0 unspecified atom stereocenters. The summed E-state index contributed by atoms with van der Waals surface area (Å²) in [5, 5.41) is 20.2. The number of carbonyl (C=O) groups is 3. The van der Waals surface area contributed by atoms with Crippen molar-refractivity contribution in [2.45, 2.75) is 39.0 Å². The van der Waals surface area contributed by atoms with Crippen LogP contribution in [0.15, 0.2) is 24.3 Å². The number of urea groups is 1. The van der Waals surface area contributed by atoms with Crippen molar-refractivity contribution in [2.75, 3.05) is 36.8 Å². The van der Waals surface area contributed by atoms with E-state index in [2.05, 4.69) is 31.3 Å². The van der Waals surface area contributed by atoms with Gasteiger partial charge in [-0.05, 0) is 23.6 Å². The van der Waals surface area contributed by atoms with Crippen molar-refractivity contribution >= 4 is 63.1 Å². The third-order valence-corrected chi connectivity index (χ3v) is 8.29. The number of nitrogens with one attached hydrogen (secondary N) is 3. The lowest BCUT2D eigenvalue weighted by Crippen LogP contribution is -2.37. The fourth-order valence-electron chi connectivity index (χ4n) is 3.87. The predicted octanol–water partition coefficient (Wildman–Crippen LogP) is 4.43. The molecule has 2 aromatic heterocycles. The van der Waals surface area contributed by atoms with Gasteiger partial charge in [-0.3, -0.25) is 14.9 Å². The molecular weight excluding hydrogens is 551 g/mol. The minimum Gasteiger partial charge on any atom is -0.340 e. The number of aromatic nitrogens is 4. The molecule has 0 spiro atoms. The lowest BCUT2D eigenvalue weighted by Gasteiger charge is -2.22. The van der Waals surface area contributed by atoms with Crippen molar-refractivity contribution in [3.8, 4) is 0 Å². The summed E-state index contributed by atoms with van der Waals surface area (Å²) >= 11 is 13.6. The molecule has 3 N–H and O–H groups in total. The Balaban J connectivity index is 1.49. The van der Waals surface area contributed by atoms with Gasteiger partial charge < -0.3 is 15.1 Å². The normalized spacial score (nSPS) is 14.4. The van der Waals surface area contributed by atoms with Crippen LogP contribution in [0.2, 0.25) is 10.0 Å². The van der Waals surface area contributed by atoms with Gasteiger partial charge in [0.2, 0.25) is 5.91 Å². The molecule has 1 aromatic carbocycles. The number of hydrogen-bond donors (Lipinski definition) is 3. The first-order valence-corrected chi connectivity index (χ1v) is 13.6. The maximum absolute atomic E-state index is 13.7. The fourth-order valence-corrected chi connectivity index (χ4v) is 5.32. The fraction of sp³-hybridized carbons (Fsp3) is 0.417. The standard InChI is InChI=1S/C24H28Cl2N8O3S/c1-24(2,3)17-13-14(21(38-17)28-23(37)27-16-6-4-5-15(25)20(16)26)22(36)34-10-8-19(35)33(11-12-34)9-7-18-29-31-32-30-18/h4-6,13H,7-12H2,1-3H3,(H2,27,28,37)(H,29,30,31,32). The first-order valence-electron chi connectivity index (χ1n) is 12.0. The molecule has 14 heteroatoms. The lowest BCUT2D eigenvalue weighted by atomic mass is 9.94. The van der Waals surface area contributed by atoms with Crippen LogP contribution < -0.4 is 10.6 Å². The van der Waals surface area contributed by atoms with E-state index in [-0.39, 0.29) is 35.2 Å². The number of hydrogen-bond acceptors (Lipinski definition) is 7. The molecule has 202 valence electrons. The van der Waals surface area contributed by atoms with E-state index in [9.17, 15) is 14.4 Å². The first kappa shape index (κ1) is 27.8. The average Bonchev–Trinajstić information content (AvgIpc) is 3.49. The van der Waals surface area contributed by atoms with E-state index in [1.807, 2.05) is 26.8 Å². The van der Waals surface area contributed by atoms with Gasteiger partial charge in [0.1, 0.15) is 5.00 Å². The second kappa shape index (κ2) is 11.7. The number of halogens is 2. The van der Waals surface area contributed by atoms with Crippen LogP contribution >= 0.6 is 34.5 Å². The Morgan fingerprint density at radius 1 is 1.16 bits per heavy atom. The molecule has 4 rings (SSSR count). The molecule has 4 amide bonds. The number of nitrogens with zero attached hydrogens (tertiary/aromatic N) is 5. The van der Waals surface area contributed by atoms with Gasteiger partial charge in [-0.2, -0.15) is 5.21 Å². The molecule has 1 saturated heterocycles.